The van der Waals surface area contributed by atoms with Crippen LogP contribution in [0.4, 0.5) is 5.13 Å². The third-order valence-electron chi connectivity index (χ3n) is 2.94. The van der Waals surface area contributed by atoms with Gasteiger partial charge in [-0.3, -0.25) is 0 Å². The zero-order valence-corrected chi connectivity index (χ0v) is 13.1. The molecule has 2 aromatic rings. The smallest absolute Gasteiger partial charge is 0.180 e. The first-order valence-electron chi connectivity index (χ1n) is 6.41. The summed E-state index contributed by atoms with van der Waals surface area (Å²) in [5, 5.41) is 2.48. The van der Waals surface area contributed by atoms with Crippen molar-refractivity contribution in [2.75, 3.05) is 12.8 Å². The van der Waals surface area contributed by atoms with Crippen molar-refractivity contribution in [2.24, 2.45) is 0 Å². The summed E-state index contributed by atoms with van der Waals surface area (Å²) in [7, 11) is 1.67. The maximum atomic E-state index is 5.90. The van der Waals surface area contributed by atoms with Gasteiger partial charge in [-0.15, -0.1) is 11.3 Å². The van der Waals surface area contributed by atoms with E-state index in [4.69, 9.17) is 15.2 Å². The van der Waals surface area contributed by atoms with Gasteiger partial charge in [0.05, 0.1) is 12.8 Å². The van der Waals surface area contributed by atoms with Gasteiger partial charge in [0.2, 0.25) is 0 Å². The van der Waals surface area contributed by atoms with Gasteiger partial charge in [-0.2, -0.15) is 0 Å². The van der Waals surface area contributed by atoms with Crippen LogP contribution in [0.2, 0.25) is 0 Å². The van der Waals surface area contributed by atoms with Crippen LogP contribution in [-0.4, -0.2) is 12.1 Å². The summed E-state index contributed by atoms with van der Waals surface area (Å²) >= 11 is 1.42. The van der Waals surface area contributed by atoms with Gasteiger partial charge in [0.25, 0.3) is 0 Å². The van der Waals surface area contributed by atoms with Gasteiger partial charge in [-0.25, -0.2) is 4.98 Å². The maximum absolute atomic E-state index is 5.90. The van der Waals surface area contributed by atoms with E-state index in [1.165, 1.54) is 11.3 Å². The fourth-order valence-electron chi connectivity index (χ4n) is 1.89. The second-order valence-electron chi connectivity index (χ2n) is 5.58. The largest absolute Gasteiger partial charge is 0.497 e. The molecule has 0 amide bonds. The molecule has 0 aliphatic rings. The topological polar surface area (TPSA) is 57.4 Å². The second kappa shape index (κ2) is 5.71. The fourth-order valence-corrected chi connectivity index (χ4v) is 2.44. The minimum Gasteiger partial charge on any atom is -0.497 e. The van der Waals surface area contributed by atoms with E-state index in [1.807, 2.05) is 23.6 Å². The highest BCUT2D eigenvalue weighted by Crippen LogP contribution is 2.34. The molecule has 1 aromatic carbocycles. The molecule has 1 heterocycles. The molecule has 0 bridgehead atoms. The molecule has 0 aliphatic carbocycles. The Bertz CT molecular complexity index is 588. The van der Waals surface area contributed by atoms with Crippen LogP contribution in [0, 0.1) is 0 Å². The number of benzene rings is 1. The molecule has 0 fully saturated rings. The lowest BCUT2D eigenvalue weighted by Gasteiger charge is -2.23. The molecule has 20 heavy (non-hydrogen) atoms. The first kappa shape index (κ1) is 14.7. The molecule has 108 valence electrons. The van der Waals surface area contributed by atoms with Crippen molar-refractivity contribution in [1.82, 2.24) is 4.98 Å². The number of anilines is 1. The molecule has 0 saturated heterocycles. The number of ether oxygens (including phenoxy) is 2. The van der Waals surface area contributed by atoms with Crippen molar-refractivity contribution >= 4 is 16.5 Å². The van der Waals surface area contributed by atoms with Crippen molar-refractivity contribution in [1.29, 1.82) is 0 Å². The van der Waals surface area contributed by atoms with E-state index in [9.17, 15) is 0 Å². The van der Waals surface area contributed by atoms with Crippen LogP contribution in [0.15, 0.2) is 23.6 Å². The number of rotatable bonds is 4. The highest BCUT2D eigenvalue weighted by Gasteiger charge is 2.20. The lowest BCUT2D eigenvalue weighted by molar-refractivity contribution is 0.293. The number of nitrogen functional groups attached to an aromatic ring is 1. The zero-order valence-electron chi connectivity index (χ0n) is 12.3. The third-order valence-corrected chi connectivity index (χ3v) is 3.66. The molecular weight excluding hydrogens is 272 g/mol. The zero-order chi connectivity index (χ0) is 14.8. The van der Waals surface area contributed by atoms with Crippen LogP contribution in [0.1, 0.15) is 32.0 Å². The fraction of sp³-hybridized carbons (Fsp3) is 0.400. The molecule has 2 rings (SSSR count). The first-order valence-corrected chi connectivity index (χ1v) is 7.29. The molecule has 0 saturated carbocycles. The van der Waals surface area contributed by atoms with Gasteiger partial charge in [-0.1, -0.05) is 20.8 Å². The van der Waals surface area contributed by atoms with Gasteiger partial charge in [0, 0.05) is 10.9 Å². The van der Waals surface area contributed by atoms with Gasteiger partial charge in [0.15, 0.2) is 5.13 Å². The van der Waals surface area contributed by atoms with Crippen molar-refractivity contribution in [3.63, 3.8) is 0 Å². The van der Waals surface area contributed by atoms with E-state index in [0.29, 0.717) is 11.7 Å². The number of nitrogens with zero attached hydrogens (tertiary/aromatic N) is 1. The number of aromatic nitrogens is 1. The second-order valence-corrected chi connectivity index (χ2v) is 6.47. The Labute approximate surface area is 123 Å². The summed E-state index contributed by atoms with van der Waals surface area (Å²) in [4.78, 5) is 4.20. The van der Waals surface area contributed by atoms with Gasteiger partial charge < -0.3 is 15.2 Å². The minimum absolute atomic E-state index is 0.0228. The van der Waals surface area contributed by atoms with E-state index < -0.39 is 0 Å². The number of thiazole rings is 1. The molecule has 0 aliphatic heterocycles. The van der Waals surface area contributed by atoms with E-state index >= 15 is 0 Å². The molecule has 0 atom stereocenters. The number of methoxy groups -OCH3 is 1. The van der Waals surface area contributed by atoms with Crippen molar-refractivity contribution in [3.05, 3.63) is 34.8 Å². The molecule has 4 nitrogen and oxygen atoms in total. The molecule has 1 aromatic heterocycles. The standard InChI is InChI=1S/C15H20N2O2S/c1-15(2,3)12-7-11(18-4)5-6-13(12)19-8-10-9-20-14(16)17-10/h5-7,9H,8H2,1-4H3,(H2,16,17). The van der Waals surface area contributed by atoms with Gasteiger partial charge in [-0.05, 0) is 23.6 Å². The molecule has 5 heteroatoms. The van der Waals surface area contributed by atoms with Gasteiger partial charge in [0.1, 0.15) is 18.1 Å². The number of hydrogen-bond acceptors (Lipinski definition) is 5. The summed E-state index contributed by atoms with van der Waals surface area (Å²) < 4.78 is 11.2. The van der Waals surface area contributed by atoms with Crippen LogP contribution in [0.25, 0.3) is 0 Å². The average Bonchev–Trinajstić information content (AvgIpc) is 2.81. The Kier molecular flexibility index (Phi) is 4.18. The molecule has 0 spiro atoms. The Morgan fingerprint density at radius 3 is 2.60 bits per heavy atom. The Morgan fingerprint density at radius 2 is 2.05 bits per heavy atom. The quantitative estimate of drug-likeness (QED) is 0.935. The highest BCUT2D eigenvalue weighted by atomic mass is 32.1. The summed E-state index contributed by atoms with van der Waals surface area (Å²) in [6, 6.07) is 5.86. The van der Waals surface area contributed by atoms with Crippen LogP contribution < -0.4 is 15.2 Å². The van der Waals surface area contributed by atoms with Crippen LogP contribution >= 0.6 is 11.3 Å². The first-order chi connectivity index (χ1) is 9.40. The Balaban J connectivity index is 2.22. The number of hydrogen-bond donors (Lipinski definition) is 1. The molecular formula is C15H20N2O2S. The summed E-state index contributed by atoms with van der Waals surface area (Å²) in [6.45, 7) is 6.86. The Hall–Kier alpha value is -1.75. The molecule has 2 N–H and O–H groups in total. The van der Waals surface area contributed by atoms with Crippen LogP contribution in [-0.2, 0) is 12.0 Å². The summed E-state index contributed by atoms with van der Waals surface area (Å²) in [5.41, 5.74) is 7.56. The maximum Gasteiger partial charge on any atom is 0.180 e. The van der Waals surface area contributed by atoms with E-state index in [2.05, 4.69) is 25.8 Å². The normalized spacial score (nSPS) is 11.4. The Morgan fingerprint density at radius 1 is 1.30 bits per heavy atom. The van der Waals surface area contributed by atoms with E-state index in [1.54, 1.807) is 7.11 Å². The third kappa shape index (κ3) is 3.42. The van der Waals surface area contributed by atoms with Gasteiger partial charge >= 0.3 is 0 Å². The van der Waals surface area contributed by atoms with Crippen molar-refractivity contribution in [2.45, 2.75) is 32.8 Å². The number of nitrogens with two attached hydrogens (primary N) is 1. The highest BCUT2D eigenvalue weighted by molar-refractivity contribution is 7.13. The minimum atomic E-state index is -0.0228. The molecule has 0 radical (unpaired) electrons. The summed E-state index contributed by atoms with van der Waals surface area (Å²) in [6.07, 6.45) is 0. The van der Waals surface area contributed by atoms with Crippen LogP contribution in [0.3, 0.4) is 0 Å². The van der Waals surface area contributed by atoms with E-state index in [-0.39, 0.29) is 5.41 Å². The predicted octanol–water partition coefficient (Wildman–Crippen LogP) is 3.61. The predicted molar refractivity (Wildman–Crippen MR) is 82.6 cm³/mol. The summed E-state index contributed by atoms with van der Waals surface area (Å²) in [5.74, 6) is 1.69. The lowest BCUT2D eigenvalue weighted by atomic mass is 9.86. The lowest BCUT2D eigenvalue weighted by Crippen LogP contribution is -2.13. The molecule has 0 unspecified atom stereocenters. The van der Waals surface area contributed by atoms with Crippen LogP contribution in [0.5, 0.6) is 11.5 Å². The SMILES string of the molecule is COc1ccc(OCc2csc(N)n2)c(C(C)(C)C)c1. The van der Waals surface area contributed by atoms with Crippen molar-refractivity contribution in [3.8, 4) is 11.5 Å². The van der Waals surface area contributed by atoms with E-state index in [0.717, 1.165) is 22.8 Å². The average molecular weight is 292 g/mol. The van der Waals surface area contributed by atoms with Crippen molar-refractivity contribution < 1.29 is 9.47 Å². The monoisotopic (exact) mass is 292 g/mol.